The third-order valence-corrected chi connectivity index (χ3v) is 4.18. The van der Waals surface area contributed by atoms with E-state index >= 15 is 0 Å². The van der Waals surface area contributed by atoms with E-state index < -0.39 is 0 Å². The average Bonchev–Trinajstić information content (AvgIpc) is 2.65. The average molecular weight is 342 g/mol. The number of nitrogens with one attached hydrogen (secondary N) is 2. The molecule has 2 N–H and O–H groups in total. The van der Waals surface area contributed by atoms with Crippen LogP contribution in [0.4, 0.5) is 11.6 Å². The standard InChI is InChI=1S/C18H23N5O2/c1-2-25-16-7-4-3-6-15(16)21-17(24)14-22-10-12-23(13-11-22)18-19-8-5-9-20-18/h3-9H,2,10-14H2,1H3,(H,21,24)/p+1. The lowest BCUT2D eigenvalue weighted by atomic mass is 10.2. The van der Waals surface area contributed by atoms with Crippen LogP contribution in [0.2, 0.25) is 0 Å². The maximum Gasteiger partial charge on any atom is 0.279 e. The topological polar surface area (TPSA) is 71.8 Å². The number of para-hydroxylation sites is 2. The monoisotopic (exact) mass is 342 g/mol. The van der Waals surface area contributed by atoms with Crippen molar-refractivity contribution >= 4 is 17.5 Å². The van der Waals surface area contributed by atoms with Crippen LogP contribution < -0.4 is 19.9 Å². The second-order valence-corrected chi connectivity index (χ2v) is 5.94. The molecular formula is C18H24N5O2+. The molecule has 1 aliphatic rings. The largest absolute Gasteiger partial charge is 0.492 e. The van der Waals surface area contributed by atoms with Gasteiger partial charge in [0.05, 0.1) is 38.5 Å². The van der Waals surface area contributed by atoms with Crippen molar-refractivity contribution in [2.75, 3.05) is 49.5 Å². The molecule has 0 aliphatic carbocycles. The minimum absolute atomic E-state index is 0.00608. The Hall–Kier alpha value is -2.67. The van der Waals surface area contributed by atoms with E-state index in [1.165, 1.54) is 4.90 Å². The summed E-state index contributed by atoms with van der Waals surface area (Å²) < 4.78 is 5.55. The zero-order valence-electron chi connectivity index (χ0n) is 14.4. The van der Waals surface area contributed by atoms with E-state index in [9.17, 15) is 4.79 Å². The van der Waals surface area contributed by atoms with Gasteiger partial charge in [-0.2, -0.15) is 0 Å². The van der Waals surface area contributed by atoms with E-state index in [2.05, 4.69) is 20.2 Å². The van der Waals surface area contributed by atoms with Gasteiger partial charge in [0.15, 0.2) is 6.54 Å². The molecule has 0 unspecified atom stereocenters. The maximum absolute atomic E-state index is 12.4. The normalized spacial score (nSPS) is 15.0. The number of carbonyl (C=O) groups excluding carboxylic acids is 1. The van der Waals surface area contributed by atoms with E-state index in [4.69, 9.17) is 4.74 Å². The Morgan fingerprint density at radius 1 is 1.20 bits per heavy atom. The molecule has 1 fully saturated rings. The third kappa shape index (κ3) is 4.67. The van der Waals surface area contributed by atoms with Crippen LogP contribution in [-0.4, -0.2) is 55.2 Å². The Balaban J connectivity index is 1.50. The van der Waals surface area contributed by atoms with Crippen LogP contribution in [0.5, 0.6) is 5.75 Å². The summed E-state index contributed by atoms with van der Waals surface area (Å²) in [5, 5.41) is 2.96. The molecule has 7 heteroatoms. The summed E-state index contributed by atoms with van der Waals surface area (Å²) in [7, 11) is 0. The van der Waals surface area contributed by atoms with E-state index in [1.54, 1.807) is 12.4 Å². The van der Waals surface area contributed by atoms with Crippen molar-refractivity contribution < 1.29 is 14.4 Å². The number of quaternary nitrogens is 1. The van der Waals surface area contributed by atoms with Crippen LogP contribution in [0.1, 0.15) is 6.92 Å². The minimum Gasteiger partial charge on any atom is -0.492 e. The van der Waals surface area contributed by atoms with Gasteiger partial charge in [-0.3, -0.25) is 4.79 Å². The van der Waals surface area contributed by atoms with Gasteiger partial charge in [-0.25, -0.2) is 9.97 Å². The lowest BCUT2D eigenvalue weighted by Gasteiger charge is -2.31. The first-order chi connectivity index (χ1) is 12.3. The Morgan fingerprint density at radius 3 is 2.64 bits per heavy atom. The number of amides is 1. The molecule has 0 bridgehead atoms. The van der Waals surface area contributed by atoms with Gasteiger partial charge in [-0.15, -0.1) is 0 Å². The van der Waals surface area contributed by atoms with Gasteiger partial charge in [0.25, 0.3) is 5.91 Å². The first kappa shape index (κ1) is 17.2. The fourth-order valence-corrected chi connectivity index (χ4v) is 2.93. The fourth-order valence-electron chi connectivity index (χ4n) is 2.93. The number of hydrogen-bond acceptors (Lipinski definition) is 5. The number of benzene rings is 1. The molecule has 3 rings (SSSR count). The molecule has 1 aromatic carbocycles. The molecule has 25 heavy (non-hydrogen) atoms. The summed E-state index contributed by atoms with van der Waals surface area (Å²) in [5.74, 6) is 1.47. The van der Waals surface area contributed by atoms with Crippen molar-refractivity contribution in [3.05, 3.63) is 42.7 Å². The van der Waals surface area contributed by atoms with Crippen molar-refractivity contribution in [3.8, 4) is 5.75 Å². The maximum atomic E-state index is 12.4. The Bertz CT molecular complexity index is 687. The highest BCUT2D eigenvalue weighted by Crippen LogP contribution is 2.23. The van der Waals surface area contributed by atoms with Gasteiger partial charge in [-0.1, -0.05) is 12.1 Å². The van der Waals surface area contributed by atoms with Crippen LogP contribution in [0.25, 0.3) is 0 Å². The second kappa shape index (κ2) is 8.43. The number of rotatable bonds is 6. The Morgan fingerprint density at radius 2 is 1.92 bits per heavy atom. The number of aromatic nitrogens is 2. The summed E-state index contributed by atoms with van der Waals surface area (Å²) in [6, 6.07) is 9.34. The molecule has 7 nitrogen and oxygen atoms in total. The molecule has 1 aromatic heterocycles. The van der Waals surface area contributed by atoms with Crippen molar-refractivity contribution in [1.29, 1.82) is 0 Å². The Labute approximate surface area is 147 Å². The quantitative estimate of drug-likeness (QED) is 0.786. The molecule has 0 saturated carbocycles. The van der Waals surface area contributed by atoms with E-state index in [0.29, 0.717) is 18.9 Å². The Kier molecular flexibility index (Phi) is 5.79. The number of piperazine rings is 1. The number of ether oxygens (including phenoxy) is 1. The first-order valence-electron chi connectivity index (χ1n) is 8.63. The van der Waals surface area contributed by atoms with Gasteiger partial charge in [-0.05, 0) is 25.1 Å². The summed E-state index contributed by atoms with van der Waals surface area (Å²) in [6.07, 6.45) is 3.51. The number of hydrogen-bond donors (Lipinski definition) is 2. The molecule has 1 saturated heterocycles. The predicted octanol–water partition coefficient (Wildman–Crippen LogP) is 0.219. The van der Waals surface area contributed by atoms with Gasteiger partial charge in [0, 0.05) is 12.4 Å². The molecule has 132 valence electrons. The van der Waals surface area contributed by atoms with Crippen molar-refractivity contribution in [1.82, 2.24) is 9.97 Å². The molecular weight excluding hydrogens is 318 g/mol. The van der Waals surface area contributed by atoms with Gasteiger partial charge >= 0.3 is 0 Å². The van der Waals surface area contributed by atoms with Crippen molar-refractivity contribution in [3.63, 3.8) is 0 Å². The minimum atomic E-state index is 0.00608. The van der Waals surface area contributed by atoms with Gasteiger partial charge < -0.3 is 19.9 Å². The summed E-state index contributed by atoms with van der Waals surface area (Å²) >= 11 is 0. The molecule has 2 aromatic rings. The number of nitrogens with zero attached hydrogens (tertiary/aromatic N) is 3. The second-order valence-electron chi connectivity index (χ2n) is 5.94. The van der Waals surface area contributed by atoms with Crippen LogP contribution in [0.3, 0.4) is 0 Å². The van der Waals surface area contributed by atoms with Crippen molar-refractivity contribution in [2.24, 2.45) is 0 Å². The van der Waals surface area contributed by atoms with Gasteiger partial charge in [0.1, 0.15) is 5.75 Å². The SMILES string of the molecule is CCOc1ccccc1NC(=O)C[NH+]1CCN(c2ncccn2)CC1. The molecule has 0 atom stereocenters. The number of carbonyl (C=O) groups is 1. The highest BCUT2D eigenvalue weighted by atomic mass is 16.5. The lowest BCUT2D eigenvalue weighted by molar-refractivity contribution is -0.892. The van der Waals surface area contributed by atoms with Gasteiger partial charge in [0.2, 0.25) is 5.95 Å². The zero-order valence-corrected chi connectivity index (χ0v) is 14.4. The highest BCUT2D eigenvalue weighted by Gasteiger charge is 2.23. The molecule has 1 amide bonds. The van der Waals surface area contributed by atoms with Crippen LogP contribution in [0, 0.1) is 0 Å². The molecule has 2 heterocycles. The van der Waals surface area contributed by atoms with Crippen LogP contribution in [0.15, 0.2) is 42.7 Å². The molecule has 0 radical (unpaired) electrons. The smallest absolute Gasteiger partial charge is 0.279 e. The molecule has 0 spiro atoms. The lowest BCUT2D eigenvalue weighted by Crippen LogP contribution is -3.15. The predicted molar refractivity (Wildman–Crippen MR) is 96.0 cm³/mol. The van der Waals surface area contributed by atoms with E-state index in [1.807, 2.05) is 37.3 Å². The fraction of sp³-hybridized carbons (Fsp3) is 0.389. The summed E-state index contributed by atoms with van der Waals surface area (Å²) in [5.41, 5.74) is 0.727. The van der Waals surface area contributed by atoms with Crippen LogP contribution in [-0.2, 0) is 4.79 Å². The molecule has 1 aliphatic heterocycles. The van der Waals surface area contributed by atoms with Crippen LogP contribution >= 0.6 is 0 Å². The third-order valence-electron chi connectivity index (χ3n) is 4.18. The van der Waals surface area contributed by atoms with Crippen molar-refractivity contribution in [2.45, 2.75) is 6.92 Å². The summed E-state index contributed by atoms with van der Waals surface area (Å²) in [4.78, 5) is 24.4. The van der Waals surface area contributed by atoms with E-state index in [-0.39, 0.29) is 5.91 Å². The summed E-state index contributed by atoms with van der Waals surface area (Å²) in [6.45, 7) is 6.42. The van der Waals surface area contributed by atoms with E-state index in [0.717, 1.165) is 37.8 Å². The number of anilines is 2. The first-order valence-corrected chi connectivity index (χ1v) is 8.63. The zero-order chi connectivity index (χ0) is 17.5. The highest BCUT2D eigenvalue weighted by molar-refractivity contribution is 5.92.